The smallest absolute Gasteiger partial charge is 0.325 e. The molecule has 5 nitrogen and oxygen atoms in total. The lowest BCUT2D eigenvalue weighted by molar-refractivity contribution is -0.138. The first-order valence-corrected chi connectivity index (χ1v) is 6.50. The Morgan fingerprint density at radius 3 is 2.63 bits per heavy atom. The lowest BCUT2D eigenvalue weighted by Gasteiger charge is -2.06. The molecule has 6 heteroatoms. The number of nitrogens with one attached hydrogen (secondary N) is 1. The number of thiazole rings is 1. The Labute approximate surface area is 113 Å². The summed E-state index contributed by atoms with van der Waals surface area (Å²) in [4.78, 5) is 26.6. The van der Waals surface area contributed by atoms with Gasteiger partial charge in [-0.2, -0.15) is 0 Å². The van der Waals surface area contributed by atoms with Crippen LogP contribution in [0.4, 0.5) is 0 Å². The number of aromatic nitrogens is 1. The molecule has 1 heterocycles. The highest BCUT2D eigenvalue weighted by atomic mass is 32.1. The van der Waals surface area contributed by atoms with E-state index in [1.54, 1.807) is 5.38 Å². The Balaban J connectivity index is 2.13. The number of hydrogen-bond donors (Lipinski definition) is 2. The van der Waals surface area contributed by atoms with Gasteiger partial charge < -0.3 is 10.4 Å². The topological polar surface area (TPSA) is 79.3 Å². The molecule has 0 bridgehead atoms. The minimum atomic E-state index is -1.08. The first-order chi connectivity index (χ1) is 9.08. The normalized spacial score (nSPS) is 11.8. The van der Waals surface area contributed by atoms with E-state index in [-0.39, 0.29) is 5.69 Å². The summed E-state index contributed by atoms with van der Waals surface area (Å²) >= 11 is 1.35. The summed E-state index contributed by atoms with van der Waals surface area (Å²) in [6, 6.07) is 8.56. The lowest BCUT2D eigenvalue weighted by atomic mass is 10.2. The number of aliphatic carboxylic acids is 1. The van der Waals surface area contributed by atoms with Crippen LogP contribution in [0.15, 0.2) is 35.7 Å². The molecule has 19 heavy (non-hydrogen) atoms. The predicted molar refractivity (Wildman–Crippen MR) is 72.1 cm³/mol. The van der Waals surface area contributed by atoms with Crippen molar-refractivity contribution in [1.29, 1.82) is 0 Å². The molecule has 1 unspecified atom stereocenters. The van der Waals surface area contributed by atoms with Gasteiger partial charge in [0.05, 0.1) is 0 Å². The molecule has 0 saturated carbocycles. The number of carboxylic acids is 1. The summed E-state index contributed by atoms with van der Waals surface area (Å²) in [5.74, 6) is -1.56. The van der Waals surface area contributed by atoms with E-state index in [9.17, 15) is 9.59 Å². The van der Waals surface area contributed by atoms with Gasteiger partial charge in [-0.3, -0.25) is 9.59 Å². The minimum absolute atomic E-state index is 0.233. The van der Waals surface area contributed by atoms with Crippen molar-refractivity contribution >= 4 is 23.2 Å². The highest BCUT2D eigenvalue weighted by molar-refractivity contribution is 7.13. The Morgan fingerprint density at radius 1 is 1.32 bits per heavy atom. The van der Waals surface area contributed by atoms with Crippen LogP contribution < -0.4 is 5.32 Å². The van der Waals surface area contributed by atoms with Gasteiger partial charge >= 0.3 is 5.97 Å². The molecule has 0 aliphatic rings. The van der Waals surface area contributed by atoms with Crippen LogP contribution in [0.5, 0.6) is 0 Å². The van der Waals surface area contributed by atoms with E-state index in [1.807, 2.05) is 30.3 Å². The van der Waals surface area contributed by atoms with Gasteiger partial charge in [0.25, 0.3) is 5.91 Å². The number of amides is 1. The van der Waals surface area contributed by atoms with Crippen molar-refractivity contribution < 1.29 is 14.7 Å². The molecule has 0 saturated heterocycles. The van der Waals surface area contributed by atoms with Crippen molar-refractivity contribution in [1.82, 2.24) is 10.3 Å². The Kier molecular flexibility index (Phi) is 3.91. The van der Waals surface area contributed by atoms with E-state index in [0.717, 1.165) is 10.6 Å². The van der Waals surface area contributed by atoms with E-state index in [4.69, 9.17) is 5.11 Å². The van der Waals surface area contributed by atoms with Crippen molar-refractivity contribution in [2.75, 3.05) is 0 Å². The van der Waals surface area contributed by atoms with Crippen LogP contribution in [0.25, 0.3) is 10.6 Å². The Hall–Kier alpha value is -2.21. The van der Waals surface area contributed by atoms with Crippen LogP contribution in [0.1, 0.15) is 17.4 Å². The second kappa shape index (κ2) is 5.62. The van der Waals surface area contributed by atoms with Crippen LogP contribution in [-0.4, -0.2) is 28.0 Å². The zero-order chi connectivity index (χ0) is 13.8. The number of carbonyl (C=O) groups excluding carboxylic acids is 1. The molecule has 1 aromatic carbocycles. The minimum Gasteiger partial charge on any atom is -0.480 e. The van der Waals surface area contributed by atoms with Crippen LogP contribution in [0.2, 0.25) is 0 Å². The monoisotopic (exact) mass is 276 g/mol. The van der Waals surface area contributed by atoms with Gasteiger partial charge in [0, 0.05) is 10.9 Å². The summed E-state index contributed by atoms with van der Waals surface area (Å²) < 4.78 is 0. The fourth-order valence-corrected chi connectivity index (χ4v) is 2.23. The summed E-state index contributed by atoms with van der Waals surface area (Å²) in [5.41, 5.74) is 1.16. The number of hydrogen-bond acceptors (Lipinski definition) is 4. The van der Waals surface area contributed by atoms with Gasteiger partial charge in [0.1, 0.15) is 16.7 Å². The van der Waals surface area contributed by atoms with E-state index in [1.165, 1.54) is 18.3 Å². The van der Waals surface area contributed by atoms with Gasteiger partial charge in [-0.1, -0.05) is 30.3 Å². The average Bonchev–Trinajstić information content (AvgIpc) is 2.89. The molecule has 0 aliphatic carbocycles. The Bertz CT molecular complexity index is 595. The molecular formula is C13H12N2O3S. The van der Waals surface area contributed by atoms with Crippen molar-refractivity contribution in [3.8, 4) is 10.6 Å². The lowest BCUT2D eigenvalue weighted by Crippen LogP contribution is -2.38. The van der Waals surface area contributed by atoms with E-state index in [0.29, 0.717) is 0 Å². The van der Waals surface area contributed by atoms with Gasteiger partial charge in [-0.15, -0.1) is 11.3 Å². The first kappa shape index (κ1) is 13.2. The molecule has 0 spiro atoms. The van der Waals surface area contributed by atoms with Gasteiger partial charge in [0.15, 0.2) is 0 Å². The second-order valence-corrected chi connectivity index (χ2v) is 4.80. The molecule has 2 N–H and O–H groups in total. The van der Waals surface area contributed by atoms with Gasteiger partial charge in [-0.25, -0.2) is 4.98 Å². The van der Waals surface area contributed by atoms with Crippen LogP contribution in [0, 0.1) is 0 Å². The van der Waals surface area contributed by atoms with E-state index in [2.05, 4.69) is 10.3 Å². The summed E-state index contributed by atoms with van der Waals surface area (Å²) in [5, 5.41) is 13.4. The van der Waals surface area contributed by atoms with Crippen LogP contribution >= 0.6 is 11.3 Å². The van der Waals surface area contributed by atoms with Gasteiger partial charge in [-0.05, 0) is 6.92 Å². The van der Waals surface area contributed by atoms with E-state index >= 15 is 0 Å². The zero-order valence-corrected chi connectivity index (χ0v) is 11.0. The summed E-state index contributed by atoms with van der Waals surface area (Å²) in [6.45, 7) is 1.41. The fraction of sp³-hybridized carbons (Fsp3) is 0.154. The third-order valence-corrected chi connectivity index (χ3v) is 3.37. The van der Waals surface area contributed by atoms with E-state index < -0.39 is 17.9 Å². The van der Waals surface area contributed by atoms with Gasteiger partial charge in [0.2, 0.25) is 0 Å². The Morgan fingerprint density at radius 2 is 2.00 bits per heavy atom. The molecule has 1 aromatic heterocycles. The summed E-state index contributed by atoms with van der Waals surface area (Å²) in [7, 11) is 0. The predicted octanol–water partition coefficient (Wildman–Crippen LogP) is 2.01. The van der Waals surface area contributed by atoms with Crippen LogP contribution in [0.3, 0.4) is 0 Å². The molecule has 1 atom stereocenters. The zero-order valence-electron chi connectivity index (χ0n) is 10.2. The first-order valence-electron chi connectivity index (χ1n) is 5.62. The van der Waals surface area contributed by atoms with Crippen molar-refractivity contribution in [2.45, 2.75) is 13.0 Å². The highest BCUT2D eigenvalue weighted by Gasteiger charge is 2.17. The average molecular weight is 276 g/mol. The second-order valence-electron chi connectivity index (χ2n) is 3.94. The molecule has 0 radical (unpaired) electrons. The van der Waals surface area contributed by atoms with Crippen molar-refractivity contribution in [3.63, 3.8) is 0 Å². The summed E-state index contributed by atoms with van der Waals surface area (Å²) in [6.07, 6.45) is 0. The molecule has 98 valence electrons. The maximum Gasteiger partial charge on any atom is 0.325 e. The number of carbonyl (C=O) groups is 2. The molecule has 0 aliphatic heterocycles. The maximum atomic E-state index is 11.8. The molecule has 2 rings (SSSR count). The van der Waals surface area contributed by atoms with Crippen molar-refractivity contribution in [2.24, 2.45) is 0 Å². The van der Waals surface area contributed by atoms with Crippen molar-refractivity contribution in [3.05, 3.63) is 41.4 Å². The number of benzene rings is 1. The molecule has 1 amide bonds. The quantitative estimate of drug-likeness (QED) is 0.895. The fourth-order valence-electron chi connectivity index (χ4n) is 1.42. The largest absolute Gasteiger partial charge is 0.480 e. The van der Waals surface area contributed by atoms with Crippen LogP contribution in [-0.2, 0) is 4.79 Å². The number of carboxylic acid groups (broad SMARTS) is 1. The molecule has 0 fully saturated rings. The molecular weight excluding hydrogens is 264 g/mol. The number of rotatable bonds is 4. The SMILES string of the molecule is CC(NC(=O)c1csc(-c2ccccc2)n1)C(=O)O. The number of nitrogens with zero attached hydrogens (tertiary/aromatic N) is 1. The maximum absolute atomic E-state index is 11.8. The highest BCUT2D eigenvalue weighted by Crippen LogP contribution is 2.23. The standard InChI is InChI=1S/C13H12N2O3S/c1-8(13(17)18)14-11(16)10-7-19-12(15-10)9-5-3-2-4-6-9/h2-8H,1H3,(H,14,16)(H,17,18). The third-order valence-electron chi connectivity index (χ3n) is 2.48. The third kappa shape index (κ3) is 3.17. The molecule has 2 aromatic rings.